The molecule has 0 saturated carbocycles. The van der Waals surface area contributed by atoms with Crippen LogP contribution in [-0.4, -0.2) is 44.4 Å². The van der Waals surface area contributed by atoms with E-state index in [1.165, 1.54) is 24.6 Å². The number of hydrogen-bond donors (Lipinski definition) is 1. The molecule has 1 aromatic carbocycles. The first-order valence-electron chi connectivity index (χ1n) is 9.88. The Labute approximate surface area is 179 Å². The molecule has 152 valence electrons. The molecule has 0 aliphatic carbocycles. The van der Waals surface area contributed by atoms with Gasteiger partial charge in [-0.2, -0.15) is 0 Å². The summed E-state index contributed by atoms with van der Waals surface area (Å²) in [5, 5.41) is 14.7. The van der Waals surface area contributed by atoms with E-state index >= 15 is 0 Å². The maximum Gasteiger partial charge on any atom is 0.230 e. The van der Waals surface area contributed by atoms with Crippen molar-refractivity contribution in [2.24, 2.45) is 0 Å². The third-order valence-corrected chi connectivity index (χ3v) is 6.94. The number of aromatic nitrogens is 3. The Bertz CT molecular complexity index is 920. The van der Waals surface area contributed by atoms with Gasteiger partial charge in [0.05, 0.1) is 18.3 Å². The number of nitrogens with zero attached hydrogens (tertiary/aromatic N) is 4. The number of benzene rings is 1. The largest absolute Gasteiger partial charge is 0.348 e. The van der Waals surface area contributed by atoms with Crippen LogP contribution in [0.3, 0.4) is 0 Å². The van der Waals surface area contributed by atoms with E-state index in [4.69, 9.17) is 0 Å². The second-order valence-electron chi connectivity index (χ2n) is 7.15. The second kappa shape index (κ2) is 9.56. The standard InChI is InChI=1S/C21H25N5OS2/c1-16(18-10-7-13-28-18)22-20(27)15-29-21-24-23-19(14-25-11-5-6-12-25)26(21)17-8-3-2-4-9-17/h2-4,7-10,13,16H,5-6,11-12,14-15H2,1H3,(H,22,27). The van der Waals surface area contributed by atoms with Crippen LogP contribution < -0.4 is 5.32 Å². The molecule has 1 saturated heterocycles. The van der Waals surface area contributed by atoms with Crippen molar-refractivity contribution in [1.29, 1.82) is 0 Å². The third-order valence-electron chi connectivity index (χ3n) is 4.96. The Balaban J connectivity index is 1.46. The molecule has 1 atom stereocenters. The number of likely N-dealkylation sites (tertiary alicyclic amines) is 1. The average molecular weight is 428 g/mol. The highest BCUT2D eigenvalue weighted by atomic mass is 32.2. The summed E-state index contributed by atoms with van der Waals surface area (Å²) in [6.45, 7) is 5.00. The summed E-state index contributed by atoms with van der Waals surface area (Å²) < 4.78 is 2.08. The monoisotopic (exact) mass is 427 g/mol. The molecule has 0 bridgehead atoms. The lowest BCUT2D eigenvalue weighted by Gasteiger charge is -2.16. The van der Waals surface area contributed by atoms with Crippen LogP contribution in [0.4, 0.5) is 0 Å². The van der Waals surface area contributed by atoms with Crippen LogP contribution in [-0.2, 0) is 11.3 Å². The number of amides is 1. The van der Waals surface area contributed by atoms with Crippen LogP contribution in [0.5, 0.6) is 0 Å². The number of rotatable bonds is 8. The molecule has 1 aliphatic rings. The average Bonchev–Trinajstić information content (AvgIpc) is 3.50. The van der Waals surface area contributed by atoms with Gasteiger partial charge in [-0.25, -0.2) is 0 Å². The molecule has 1 amide bonds. The highest BCUT2D eigenvalue weighted by molar-refractivity contribution is 7.99. The lowest BCUT2D eigenvalue weighted by Crippen LogP contribution is -2.27. The normalized spacial score (nSPS) is 15.5. The molecular weight excluding hydrogens is 402 g/mol. The van der Waals surface area contributed by atoms with E-state index in [2.05, 4.69) is 37.1 Å². The summed E-state index contributed by atoms with van der Waals surface area (Å²) in [7, 11) is 0. The van der Waals surface area contributed by atoms with Crippen LogP contribution in [0.2, 0.25) is 0 Å². The second-order valence-corrected chi connectivity index (χ2v) is 9.07. The summed E-state index contributed by atoms with van der Waals surface area (Å²) >= 11 is 3.08. The first-order chi connectivity index (χ1) is 14.2. The van der Waals surface area contributed by atoms with Crippen LogP contribution >= 0.6 is 23.1 Å². The van der Waals surface area contributed by atoms with Gasteiger partial charge in [-0.1, -0.05) is 36.0 Å². The minimum absolute atomic E-state index is 0.000366. The number of hydrogen-bond acceptors (Lipinski definition) is 6. The van der Waals surface area contributed by atoms with Gasteiger partial charge in [-0.15, -0.1) is 21.5 Å². The zero-order chi connectivity index (χ0) is 20.1. The Morgan fingerprint density at radius 3 is 2.69 bits per heavy atom. The molecule has 4 rings (SSSR count). The fraction of sp³-hybridized carbons (Fsp3) is 0.381. The summed E-state index contributed by atoms with van der Waals surface area (Å²) in [4.78, 5) is 16.0. The van der Waals surface area contributed by atoms with Gasteiger partial charge >= 0.3 is 0 Å². The van der Waals surface area contributed by atoms with E-state index in [0.29, 0.717) is 5.75 Å². The van der Waals surface area contributed by atoms with Crippen LogP contribution in [0, 0.1) is 0 Å². The van der Waals surface area contributed by atoms with E-state index in [0.717, 1.165) is 41.2 Å². The first-order valence-corrected chi connectivity index (χ1v) is 11.7. The van der Waals surface area contributed by atoms with Crippen molar-refractivity contribution in [2.75, 3.05) is 18.8 Å². The lowest BCUT2D eigenvalue weighted by atomic mass is 10.3. The van der Waals surface area contributed by atoms with Gasteiger partial charge in [0.2, 0.25) is 5.91 Å². The molecule has 3 aromatic rings. The number of thiophene rings is 1. The molecular formula is C21H25N5OS2. The van der Waals surface area contributed by atoms with Crippen LogP contribution in [0.25, 0.3) is 5.69 Å². The summed E-state index contributed by atoms with van der Waals surface area (Å²) in [6, 6.07) is 14.2. The molecule has 1 N–H and O–H groups in total. The molecule has 3 heterocycles. The van der Waals surface area contributed by atoms with Crippen molar-refractivity contribution >= 4 is 29.0 Å². The third kappa shape index (κ3) is 5.07. The SMILES string of the molecule is CC(NC(=O)CSc1nnc(CN2CCCC2)n1-c1ccccc1)c1cccs1. The molecule has 1 aliphatic heterocycles. The number of carbonyl (C=O) groups excluding carboxylic acids is 1. The van der Waals surface area contributed by atoms with Crippen LogP contribution in [0.15, 0.2) is 53.0 Å². The number of thioether (sulfide) groups is 1. The summed E-state index contributed by atoms with van der Waals surface area (Å²) in [5.41, 5.74) is 1.03. The van der Waals surface area contributed by atoms with E-state index in [1.54, 1.807) is 11.3 Å². The fourth-order valence-electron chi connectivity index (χ4n) is 3.50. The van der Waals surface area contributed by atoms with Crippen molar-refractivity contribution in [3.05, 3.63) is 58.5 Å². The number of nitrogens with one attached hydrogen (secondary N) is 1. The van der Waals surface area contributed by atoms with Gasteiger partial charge < -0.3 is 5.32 Å². The van der Waals surface area contributed by atoms with E-state index < -0.39 is 0 Å². The minimum atomic E-state index is -0.000366. The molecule has 0 radical (unpaired) electrons. The number of carbonyl (C=O) groups is 1. The molecule has 29 heavy (non-hydrogen) atoms. The maximum atomic E-state index is 12.5. The van der Waals surface area contributed by atoms with E-state index in [9.17, 15) is 4.79 Å². The molecule has 1 fully saturated rings. The Morgan fingerprint density at radius 1 is 1.17 bits per heavy atom. The number of para-hydroxylation sites is 1. The molecule has 8 heteroatoms. The fourth-order valence-corrected chi connectivity index (χ4v) is 5.01. The maximum absolute atomic E-state index is 12.5. The first kappa shape index (κ1) is 20.1. The zero-order valence-corrected chi connectivity index (χ0v) is 18.1. The summed E-state index contributed by atoms with van der Waals surface area (Å²) in [5.74, 6) is 1.23. The predicted octanol–water partition coefficient (Wildman–Crippen LogP) is 3.89. The van der Waals surface area contributed by atoms with Crippen molar-refractivity contribution in [1.82, 2.24) is 25.0 Å². The Morgan fingerprint density at radius 2 is 1.97 bits per heavy atom. The predicted molar refractivity (Wildman–Crippen MR) is 117 cm³/mol. The van der Waals surface area contributed by atoms with Gasteiger partial charge in [0.1, 0.15) is 0 Å². The topological polar surface area (TPSA) is 63.1 Å². The Hall–Kier alpha value is -2.16. The smallest absolute Gasteiger partial charge is 0.230 e. The molecule has 0 spiro atoms. The van der Waals surface area contributed by atoms with Gasteiger partial charge in [-0.05, 0) is 56.4 Å². The highest BCUT2D eigenvalue weighted by Crippen LogP contribution is 2.24. The van der Waals surface area contributed by atoms with Gasteiger partial charge in [0, 0.05) is 10.6 Å². The molecule has 1 unspecified atom stereocenters. The van der Waals surface area contributed by atoms with Crippen LogP contribution in [0.1, 0.15) is 36.5 Å². The van der Waals surface area contributed by atoms with E-state index in [-0.39, 0.29) is 11.9 Å². The van der Waals surface area contributed by atoms with Crippen molar-refractivity contribution in [3.8, 4) is 5.69 Å². The molecule has 2 aromatic heterocycles. The quantitative estimate of drug-likeness (QED) is 0.553. The zero-order valence-electron chi connectivity index (χ0n) is 16.5. The summed E-state index contributed by atoms with van der Waals surface area (Å²) in [6.07, 6.45) is 2.48. The van der Waals surface area contributed by atoms with Gasteiger partial charge in [-0.3, -0.25) is 14.3 Å². The van der Waals surface area contributed by atoms with Crippen molar-refractivity contribution < 1.29 is 4.79 Å². The van der Waals surface area contributed by atoms with Gasteiger partial charge in [0.25, 0.3) is 0 Å². The van der Waals surface area contributed by atoms with Crippen molar-refractivity contribution in [2.45, 2.75) is 37.5 Å². The minimum Gasteiger partial charge on any atom is -0.348 e. The highest BCUT2D eigenvalue weighted by Gasteiger charge is 2.20. The molecule has 6 nitrogen and oxygen atoms in total. The van der Waals surface area contributed by atoms with E-state index in [1.807, 2.05) is 42.6 Å². The van der Waals surface area contributed by atoms with Crippen molar-refractivity contribution in [3.63, 3.8) is 0 Å². The lowest BCUT2D eigenvalue weighted by molar-refractivity contribution is -0.119. The van der Waals surface area contributed by atoms with Gasteiger partial charge in [0.15, 0.2) is 11.0 Å². The Kier molecular flexibility index (Phi) is 6.63.